The molecule has 0 aromatic carbocycles. The maximum atomic E-state index is 11.3. The van der Waals surface area contributed by atoms with Crippen molar-refractivity contribution < 1.29 is 4.79 Å². The summed E-state index contributed by atoms with van der Waals surface area (Å²) in [6.45, 7) is 2.69. The first kappa shape index (κ1) is 12.1. The van der Waals surface area contributed by atoms with Crippen molar-refractivity contribution in [2.24, 2.45) is 0 Å². The lowest BCUT2D eigenvalue weighted by Gasteiger charge is -2.02. The van der Waals surface area contributed by atoms with E-state index >= 15 is 0 Å². The van der Waals surface area contributed by atoms with E-state index in [9.17, 15) is 4.79 Å². The zero-order chi connectivity index (χ0) is 10.9. The van der Waals surface area contributed by atoms with Crippen LogP contribution in [-0.2, 0) is 11.3 Å². The number of thioether (sulfide) groups is 1. The number of nitrogens with zero attached hydrogens (tertiary/aromatic N) is 1. The number of aromatic nitrogens is 2. The van der Waals surface area contributed by atoms with Gasteiger partial charge in [-0.1, -0.05) is 13.3 Å². The zero-order valence-corrected chi connectivity index (χ0v) is 9.77. The van der Waals surface area contributed by atoms with Crippen LogP contribution in [0.5, 0.6) is 0 Å². The number of H-pyrrole nitrogens is 1. The Hall–Kier alpha value is -0.970. The first-order valence-corrected chi connectivity index (χ1v) is 6.30. The average Bonchev–Trinajstić information content (AvgIpc) is 2.74. The molecular weight excluding hydrogens is 210 g/mol. The third-order valence-corrected chi connectivity index (χ3v) is 2.95. The Morgan fingerprint density at radius 3 is 3.20 bits per heavy atom. The Bertz CT molecular complexity index is 274. The predicted molar refractivity (Wildman–Crippen MR) is 62.7 cm³/mol. The van der Waals surface area contributed by atoms with Gasteiger partial charge in [0, 0.05) is 6.20 Å². The van der Waals surface area contributed by atoms with E-state index in [-0.39, 0.29) is 5.91 Å². The van der Waals surface area contributed by atoms with Crippen molar-refractivity contribution in [2.75, 3.05) is 11.5 Å². The molecule has 5 heteroatoms. The standard InChI is InChI=1S/C10H17N3OS/c1-2-3-4-15-7-10(14)12-6-9-5-11-8-13-9/h5,8H,2-4,6-7H2,1H3,(H,11,13)(H,12,14). The smallest absolute Gasteiger partial charge is 0.230 e. The molecule has 4 nitrogen and oxygen atoms in total. The molecule has 84 valence electrons. The third-order valence-electron chi connectivity index (χ3n) is 1.91. The summed E-state index contributed by atoms with van der Waals surface area (Å²) < 4.78 is 0. The van der Waals surface area contributed by atoms with Crippen LogP contribution < -0.4 is 5.32 Å². The Balaban J connectivity index is 2.04. The number of hydrogen-bond acceptors (Lipinski definition) is 3. The predicted octanol–water partition coefficient (Wildman–Crippen LogP) is 1.56. The average molecular weight is 227 g/mol. The molecule has 0 aliphatic heterocycles. The minimum atomic E-state index is 0.0886. The highest BCUT2D eigenvalue weighted by molar-refractivity contribution is 7.99. The summed E-state index contributed by atoms with van der Waals surface area (Å²) in [5.41, 5.74) is 0.932. The van der Waals surface area contributed by atoms with Crippen LogP contribution >= 0.6 is 11.8 Å². The lowest BCUT2D eigenvalue weighted by Crippen LogP contribution is -2.24. The molecule has 2 N–H and O–H groups in total. The molecule has 0 aliphatic carbocycles. The number of carbonyl (C=O) groups is 1. The largest absolute Gasteiger partial charge is 0.350 e. The van der Waals surface area contributed by atoms with Gasteiger partial charge in [0.1, 0.15) is 0 Å². The minimum Gasteiger partial charge on any atom is -0.350 e. The third kappa shape index (κ3) is 5.47. The molecule has 1 aromatic rings. The summed E-state index contributed by atoms with van der Waals surface area (Å²) in [5, 5.41) is 2.83. The summed E-state index contributed by atoms with van der Waals surface area (Å²) in [6, 6.07) is 0. The van der Waals surface area contributed by atoms with E-state index in [0.29, 0.717) is 12.3 Å². The topological polar surface area (TPSA) is 57.8 Å². The molecule has 0 atom stereocenters. The summed E-state index contributed by atoms with van der Waals surface area (Å²) in [6.07, 6.45) is 5.68. The molecule has 1 heterocycles. The number of hydrogen-bond donors (Lipinski definition) is 2. The van der Waals surface area contributed by atoms with Gasteiger partial charge in [0.05, 0.1) is 24.3 Å². The Morgan fingerprint density at radius 1 is 1.67 bits per heavy atom. The van der Waals surface area contributed by atoms with Gasteiger partial charge in [0.15, 0.2) is 0 Å². The van der Waals surface area contributed by atoms with Crippen molar-refractivity contribution in [2.45, 2.75) is 26.3 Å². The van der Waals surface area contributed by atoms with Crippen LogP contribution in [0.2, 0.25) is 0 Å². The van der Waals surface area contributed by atoms with Crippen molar-refractivity contribution in [3.63, 3.8) is 0 Å². The van der Waals surface area contributed by atoms with E-state index in [1.807, 2.05) is 0 Å². The molecule has 0 bridgehead atoms. The van der Waals surface area contributed by atoms with Gasteiger partial charge < -0.3 is 10.3 Å². The van der Waals surface area contributed by atoms with Crippen molar-refractivity contribution in [1.29, 1.82) is 0 Å². The fourth-order valence-corrected chi connectivity index (χ4v) is 1.96. The second-order valence-corrected chi connectivity index (χ2v) is 4.36. The molecular formula is C10H17N3OS. The van der Waals surface area contributed by atoms with Gasteiger partial charge in [0.2, 0.25) is 5.91 Å². The van der Waals surface area contributed by atoms with Crippen molar-refractivity contribution in [3.8, 4) is 0 Å². The second-order valence-electron chi connectivity index (χ2n) is 3.26. The first-order chi connectivity index (χ1) is 7.33. The van der Waals surface area contributed by atoms with E-state index in [0.717, 1.165) is 11.4 Å². The molecule has 0 unspecified atom stereocenters. The molecule has 0 saturated heterocycles. The number of carbonyl (C=O) groups excluding carboxylic acids is 1. The number of unbranched alkanes of at least 4 members (excludes halogenated alkanes) is 1. The molecule has 0 fully saturated rings. The molecule has 15 heavy (non-hydrogen) atoms. The molecule has 0 radical (unpaired) electrons. The van der Waals surface area contributed by atoms with Gasteiger partial charge in [-0.15, -0.1) is 0 Å². The van der Waals surface area contributed by atoms with E-state index in [1.165, 1.54) is 12.8 Å². The van der Waals surface area contributed by atoms with Gasteiger partial charge in [0.25, 0.3) is 0 Å². The number of amides is 1. The normalized spacial score (nSPS) is 10.2. The van der Waals surface area contributed by atoms with E-state index < -0.39 is 0 Å². The molecule has 1 rings (SSSR count). The van der Waals surface area contributed by atoms with Gasteiger partial charge in [-0.05, 0) is 12.2 Å². The van der Waals surface area contributed by atoms with Crippen molar-refractivity contribution in [3.05, 3.63) is 18.2 Å². The fraction of sp³-hybridized carbons (Fsp3) is 0.600. The number of nitrogens with one attached hydrogen (secondary N) is 2. The maximum absolute atomic E-state index is 11.3. The number of rotatable bonds is 7. The van der Waals surface area contributed by atoms with E-state index in [1.54, 1.807) is 24.3 Å². The monoisotopic (exact) mass is 227 g/mol. The van der Waals surface area contributed by atoms with Crippen molar-refractivity contribution in [1.82, 2.24) is 15.3 Å². The fourth-order valence-electron chi connectivity index (χ4n) is 1.04. The summed E-state index contributed by atoms with van der Waals surface area (Å²) >= 11 is 1.69. The van der Waals surface area contributed by atoms with Crippen LogP contribution in [0.15, 0.2) is 12.5 Å². The van der Waals surface area contributed by atoms with Crippen LogP contribution in [-0.4, -0.2) is 27.4 Å². The highest BCUT2D eigenvalue weighted by Gasteiger charge is 2.01. The van der Waals surface area contributed by atoms with Crippen LogP contribution in [0.1, 0.15) is 25.5 Å². The first-order valence-electron chi connectivity index (χ1n) is 5.14. The zero-order valence-electron chi connectivity index (χ0n) is 8.95. The SMILES string of the molecule is CCCCSCC(=O)NCc1cnc[nH]1. The number of aromatic amines is 1. The van der Waals surface area contributed by atoms with Crippen LogP contribution in [0.25, 0.3) is 0 Å². The molecule has 1 aromatic heterocycles. The minimum absolute atomic E-state index is 0.0886. The maximum Gasteiger partial charge on any atom is 0.230 e. The highest BCUT2D eigenvalue weighted by Crippen LogP contribution is 2.03. The number of imidazole rings is 1. The van der Waals surface area contributed by atoms with Crippen molar-refractivity contribution >= 4 is 17.7 Å². The lowest BCUT2D eigenvalue weighted by molar-refractivity contribution is -0.118. The van der Waals surface area contributed by atoms with Gasteiger partial charge in [-0.2, -0.15) is 11.8 Å². The van der Waals surface area contributed by atoms with E-state index in [4.69, 9.17) is 0 Å². The Labute approximate surface area is 94.2 Å². The van der Waals surface area contributed by atoms with Crippen LogP contribution in [0, 0.1) is 0 Å². The van der Waals surface area contributed by atoms with Gasteiger partial charge in [-0.3, -0.25) is 4.79 Å². The Morgan fingerprint density at radius 2 is 2.53 bits per heavy atom. The summed E-state index contributed by atoms with van der Waals surface area (Å²) in [4.78, 5) is 18.1. The second kappa shape index (κ2) is 7.34. The van der Waals surface area contributed by atoms with Crippen LogP contribution in [0.4, 0.5) is 0 Å². The highest BCUT2D eigenvalue weighted by atomic mass is 32.2. The molecule has 1 amide bonds. The molecule has 0 saturated carbocycles. The summed E-state index contributed by atoms with van der Waals surface area (Å²) in [5.74, 6) is 1.70. The summed E-state index contributed by atoms with van der Waals surface area (Å²) in [7, 11) is 0. The molecule has 0 aliphatic rings. The van der Waals surface area contributed by atoms with Gasteiger partial charge >= 0.3 is 0 Å². The lowest BCUT2D eigenvalue weighted by atomic mass is 10.4. The van der Waals surface area contributed by atoms with E-state index in [2.05, 4.69) is 22.2 Å². The Kier molecular flexibility index (Phi) is 5.92. The van der Waals surface area contributed by atoms with Crippen LogP contribution in [0.3, 0.4) is 0 Å². The van der Waals surface area contributed by atoms with Gasteiger partial charge in [-0.25, -0.2) is 4.98 Å². The quantitative estimate of drug-likeness (QED) is 0.695. The molecule has 0 spiro atoms.